The van der Waals surface area contributed by atoms with Gasteiger partial charge in [-0.3, -0.25) is 10.1 Å². The lowest BCUT2D eigenvalue weighted by Crippen LogP contribution is -2.42. The quantitative estimate of drug-likeness (QED) is 0.621. The third-order valence-electron chi connectivity index (χ3n) is 3.80. The second-order valence-corrected chi connectivity index (χ2v) is 5.46. The fraction of sp³-hybridized carbons (Fsp3) is 0.600. The first-order chi connectivity index (χ1) is 10.1. The molecule has 1 aliphatic carbocycles. The van der Waals surface area contributed by atoms with Crippen LogP contribution >= 0.6 is 0 Å². The number of rotatable bonds is 6. The summed E-state index contributed by atoms with van der Waals surface area (Å²) >= 11 is 0. The number of anilines is 1. The SMILES string of the molecule is CCCOc1cccc(N[C@@H]2CCCC[C@H]2N)c1[N+](=O)[O-]. The maximum Gasteiger partial charge on any atom is 0.333 e. The third-order valence-corrected chi connectivity index (χ3v) is 3.80. The number of ether oxygens (including phenoxy) is 1. The van der Waals surface area contributed by atoms with Gasteiger partial charge in [-0.05, 0) is 31.4 Å². The van der Waals surface area contributed by atoms with E-state index in [2.05, 4.69) is 5.32 Å². The monoisotopic (exact) mass is 293 g/mol. The Morgan fingerprint density at radius 3 is 2.86 bits per heavy atom. The van der Waals surface area contributed by atoms with Gasteiger partial charge in [0, 0.05) is 12.1 Å². The van der Waals surface area contributed by atoms with Crippen molar-refractivity contribution in [1.29, 1.82) is 0 Å². The van der Waals surface area contributed by atoms with Crippen LogP contribution in [0.1, 0.15) is 39.0 Å². The second kappa shape index (κ2) is 7.26. The Hall–Kier alpha value is -1.82. The fourth-order valence-corrected chi connectivity index (χ4v) is 2.69. The van der Waals surface area contributed by atoms with Crippen LogP contribution < -0.4 is 15.8 Å². The Morgan fingerprint density at radius 2 is 2.19 bits per heavy atom. The normalized spacial score (nSPS) is 21.8. The summed E-state index contributed by atoms with van der Waals surface area (Å²) in [4.78, 5) is 11.0. The van der Waals surface area contributed by atoms with E-state index in [1.807, 2.05) is 6.92 Å². The average molecular weight is 293 g/mol. The lowest BCUT2D eigenvalue weighted by atomic mass is 9.91. The van der Waals surface area contributed by atoms with Crippen LogP contribution in [0.2, 0.25) is 0 Å². The molecule has 1 aromatic carbocycles. The summed E-state index contributed by atoms with van der Waals surface area (Å²) < 4.78 is 5.49. The molecule has 0 aromatic heterocycles. The molecule has 6 heteroatoms. The van der Waals surface area contributed by atoms with E-state index in [0.29, 0.717) is 18.0 Å². The molecular weight excluding hydrogens is 270 g/mol. The van der Waals surface area contributed by atoms with Crippen molar-refractivity contribution in [1.82, 2.24) is 0 Å². The lowest BCUT2D eigenvalue weighted by Gasteiger charge is -2.30. The average Bonchev–Trinajstić information content (AvgIpc) is 2.47. The predicted molar refractivity (Wildman–Crippen MR) is 82.7 cm³/mol. The van der Waals surface area contributed by atoms with Gasteiger partial charge in [0.1, 0.15) is 5.69 Å². The molecule has 2 atom stereocenters. The van der Waals surface area contributed by atoms with E-state index >= 15 is 0 Å². The Balaban J connectivity index is 2.23. The van der Waals surface area contributed by atoms with Gasteiger partial charge in [-0.25, -0.2) is 0 Å². The van der Waals surface area contributed by atoms with Gasteiger partial charge in [0.2, 0.25) is 0 Å². The van der Waals surface area contributed by atoms with Gasteiger partial charge in [-0.1, -0.05) is 25.8 Å². The minimum absolute atomic E-state index is 0.00345. The molecule has 0 radical (unpaired) electrons. The molecule has 0 heterocycles. The molecule has 0 spiro atoms. The first-order valence-corrected chi connectivity index (χ1v) is 7.55. The third kappa shape index (κ3) is 3.85. The number of nitrogens with two attached hydrogens (primary N) is 1. The molecule has 2 rings (SSSR count). The predicted octanol–water partition coefficient (Wildman–Crippen LogP) is 3.07. The van der Waals surface area contributed by atoms with Crippen LogP contribution in [-0.4, -0.2) is 23.6 Å². The molecule has 21 heavy (non-hydrogen) atoms. The summed E-state index contributed by atoms with van der Waals surface area (Å²) in [5.74, 6) is 0.316. The topological polar surface area (TPSA) is 90.4 Å². The molecule has 0 saturated heterocycles. The van der Waals surface area contributed by atoms with Crippen molar-refractivity contribution in [2.75, 3.05) is 11.9 Å². The highest BCUT2D eigenvalue weighted by molar-refractivity contribution is 5.68. The number of hydrogen-bond donors (Lipinski definition) is 2. The van der Waals surface area contributed by atoms with Crippen molar-refractivity contribution in [2.45, 2.75) is 51.1 Å². The van der Waals surface area contributed by atoms with Crippen LogP contribution in [0.4, 0.5) is 11.4 Å². The van der Waals surface area contributed by atoms with Crippen molar-refractivity contribution in [3.05, 3.63) is 28.3 Å². The van der Waals surface area contributed by atoms with Crippen molar-refractivity contribution in [3.8, 4) is 5.75 Å². The van der Waals surface area contributed by atoms with Gasteiger partial charge in [0.25, 0.3) is 0 Å². The van der Waals surface area contributed by atoms with E-state index in [4.69, 9.17) is 10.5 Å². The Labute approximate surface area is 124 Å². The van der Waals surface area contributed by atoms with Gasteiger partial charge in [-0.15, -0.1) is 0 Å². The van der Waals surface area contributed by atoms with E-state index in [0.717, 1.165) is 32.1 Å². The molecule has 0 unspecified atom stereocenters. The van der Waals surface area contributed by atoms with Crippen molar-refractivity contribution in [3.63, 3.8) is 0 Å². The molecule has 1 fully saturated rings. The highest BCUT2D eigenvalue weighted by atomic mass is 16.6. The summed E-state index contributed by atoms with van der Waals surface area (Å²) in [5, 5.41) is 14.6. The zero-order chi connectivity index (χ0) is 15.2. The standard InChI is InChI=1S/C15H23N3O3/c1-2-10-21-14-9-5-8-13(15(14)18(19)20)17-12-7-4-3-6-11(12)16/h5,8-9,11-12,17H,2-4,6-7,10,16H2,1H3/t11-,12-/m1/s1. The van der Waals surface area contributed by atoms with Gasteiger partial charge < -0.3 is 15.8 Å². The first kappa shape index (κ1) is 15.6. The van der Waals surface area contributed by atoms with Crippen LogP contribution in [0, 0.1) is 10.1 Å². The fourth-order valence-electron chi connectivity index (χ4n) is 2.69. The first-order valence-electron chi connectivity index (χ1n) is 7.55. The molecule has 116 valence electrons. The van der Waals surface area contributed by atoms with E-state index in [1.54, 1.807) is 18.2 Å². The number of nitro benzene ring substituents is 1. The van der Waals surface area contributed by atoms with Crippen LogP contribution in [0.5, 0.6) is 5.75 Å². The number of nitrogens with one attached hydrogen (secondary N) is 1. The van der Waals surface area contributed by atoms with Gasteiger partial charge in [0.15, 0.2) is 5.75 Å². The highest BCUT2D eigenvalue weighted by Gasteiger charge is 2.26. The zero-order valence-electron chi connectivity index (χ0n) is 12.4. The zero-order valence-corrected chi connectivity index (χ0v) is 12.4. The van der Waals surface area contributed by atoms with E-state index < -0.39 is 0 Å². The lowest BCUT2D eigenvalue weighted by molar-refractivity contribution is -0.385. The minimum Gasteiger partial charge on any atom is -0.487 e. The maximum absolute atomic E-state index is 11.4. The smallest absolute Gasteiger partial charge is 0.333 e. The Bertz CT molecular complexity index is 493. The van der Waals surface area contributed by atoms with Crippen molar-refractivity contribution < 1.29 is 9.66 Å². The molecule has 0 bridgehead atoms. The van der Waals surface area contributed by atoms with Crippen LogP contribution in [0.25, 0.3) is 0 Å². The summed E-state index contributed by atoms with van der Waals surface area (Å²) in [5.41, 5.74) is 6.61. The van der Waals surface area contributed by atoms with Gasteiger partial charge in [-0.2, -0.15) is 0 Å². The maximum atomic E-state index is 11.4. The molecule has 1 saturated carbocycles. The summed E-state index contributed by atoms with van der Waals surface area (Å²) in [6.45, 7) is 2.43. The molecular formula is C15H23N3O3. The summed E-state index contributed by atoms with van der Waals surface area (Å²) in [7, 11) is 0. The minimum atomic E-state index is -0.387. The molecule has 0 amide bonds. The van der Waals surface area contributed by atoms with Crippen molar-refractivity contribution >= 4 is 11.4 Å². The summed E-state index contributed by atoms with van der Waals surface area (Å²) in [6, 6.07) is 5.25. The molecule has 1 aromatic rings. The molecule has 0 aliphatic heterocycles. The van der Waals surface area contributed by atoms with Gasteiger partial charge in [0.05, 0.1) is 11.5 Å². The highest BCUT2D eigenvalue weighted by Crippen LogP contribution is 2.36. The molecule has 6 nitrogen and oxygen atoms in total. The van der Waals surface area contributed by atoms with Crippen LogP contribution in [0.15, 0.2) is 18.2 Å². The molecule has 1 aliphatic rings. The van der Waals surface area contributed by atoms with E-state index in [-0.39, 0.29) is 22.7 Å². The Morgan fingerprint density at radius 1 is 1.43 bits per heavy atom. The van der Waals surface area contributed by atoms with Crippen LogP contribution in [-0.2, 0) is 0 Å². The number of nitro groups is 1. The Kier molecular flexibility index (Phi) is 5.38. The second-order valence-electron chi connectivity index (χ2n) is 5.46. The van der Waals surface area contributed by atoms with Crippen molar-refractivity contribution in [2.24, 2.45) is 5.73 Å². The van der Waals surface area contributed by atoms with Gasteiger partial charge >= 0.3 is 5.69 Å². The summed E-state index contributed by atoms with van der Waals surface area (Å²) in [6.07, 6.45) is 4.93. The molecule has 3 N–H and O–H groups in total. The number of nitrogens with zero attached hydrogens (tertiary/aromatic N) is 1. The number of hydrogen-bond acceptors (Lipinski definition) is 5. The number of benzene rings is 1. The van der Waals surface area contributed by atoms with Crippen LogP contribution in [0.3, 0.4) is 0 Å². The number of para-hydroxylation sites is 1. The van der Waals surface area contributed by atoms with E-state index in [9.17, 15) is 10.1 Å². The van der Waals surface area contributed by atoms with E-state index in [1.165, 1.54) is 0 Å². The largest absolute Gasteiger partial charge is 0.487 e.